The number of hydrogen-bond acceptors (Lipinski definition) is 2. The molecule has 0 saturated carbocycles. The summed E-state index contributed by atoms with van der Waals surface area (Å²) in [6, 6.07) is 4.40. The van der Waals surface area contributed by atoms with Gasteiger partial charge >= 0.3 is 0 Å². The summed E-state index contributed by atoms with van der Waals surface area (Å²) in [5.74, 6) is -1.43. The van der Waals surface area contributed by atoms with Crippen LogP contribution in [0.5, 0.6) is 0 Å². The molecule has 0 spiro atoms. The highest BCUT2D eigenvalue weighted by atomic mass is 35.5. The van der Waals surface area contributed by atoms with Crippen molar-refractivity contribution in [2.75, 3.05) is 4.90 Å². The molecule has 0 N–H and O–H groups in total. The summed E-state index contributed by atoms with van der Waals surface area (Å²) in [4.78, 5) is 24.2. The maximum atomic E-state index is 11.7. The van der Waals surface area contributed by atoms with Crippen LogP contribution < -0.4 is 4.90 Å². The monoisotopic (exact) mass is 309 g/mol. The molecule has 2 amide bonds. The molecule has 1 aromatic rings. The van der Waals surface area contributed by atoms with Crippen molar-refractivity contribution in [3.8, 4) is 0 Å². The highest BCUT2D eigenvalue weighted by Gasteiger charge is 2.38. The molecule has 7 heteroatoms. The Kier molecular flexibility index (Phi) is 3.36. The predicted molar refractivity (Wildman–Crippen MR) is 67.7 cm³/mol. The van der Waals surface area contributed by atoms with E-state index in [9.17, 15) is 9.59 Å². The van der Waals surface area contributed by atoms with Crippen LogP contribution in [0.3, 0.4) is 0 Å². The van der Waals surface area contributed by atoms with Crippen molar-refractivity contribution in [2.45, 2.75) is 0 Å². The molecule has 17 heavy (non-hydrogen) atoms. The maximum Gasteiger partial charge on any atom is 0.278 e. The van der Waals surface area contributed by atoms with E-state index in [-0.39, 0.29) is 20.8 Å². The first-order chi connectivity index (χ1) is 7.93. The standard InChI is InChI=1S/C10H3Cl4NO2/c11-4-1-2-5(12)6(3-4)15-9(16)7(13)8(14)10(15)17/h1-3H. The van der Waals surface area contributed by atoms with Crippen LogP contribution in [-0.4, -0.2) is 11.8 Å². The van der Waals surface area contributed by atoms with E-state index in [0.717, 1.165) is 4.90 Å². The van der Waals surface area contributed by atoms with Gasteiger partial charge in [0.15, 0.2) is 0 Å². The van der Waals surface area contributed by atoms with Crippen molar-refractivity contribution < 1.29 is 9.59 Å². The average molecular weight is 311 g/mol. The Morgan fingerprint density at radius 1 is 0.882 bits per heavy atom. The number of anilines is 1. The Bertz CT molecular complexity index is 543. The minimum atomic E-state index is -0.717. The fourth-order valence-electron chi connectivity index (χ4n) is 1.35. The second kappa shape index (κ2) is 4.50. The van der Waals surface area contributed by atoms with Crippen LogP contribution in [0.15, 0.2) is 28.3 Å². The van der Waals surface area contributed by atoms with E-state index in [1.807, 2.05) is 0 Å². The van der Waals surface area contributed by atoms with Gasteiger partial charge in [-0.2, -0.15) is 0 Å². The summed E-state index contributed by atoms with van der Waals surface area (Å²) in [5, 5.41) is -0.114. The number of carbonyl (C=O) groups excluding carboxylic acids is 2. The Balaban J connectivity index is 2.54. The van der Waals surface area contributed by atoms with E-state index in [1.54, 1.807) is 0 Å². The molecule has 1 aromatic carbocycles. The topological polar surface area (TPSA) is 37.4 Å². The minimum absolute atomic E-state index is 0.156. The molecule has 3 nitrogen and oxygen atoms in total. The summed E-state index contributed by atoms with van der Waals surface area (Å²) in [7, 11) is 0. The highest BCUT2D eigenvalue weighted by molar-refractivity contribution is 6.62. The molecule has 0 atom stereocenters. The first kappa shape index (κ1) is 12.7. The van der Waals surface area contributed by atoms with Gasteiger partial charge in [0.1, 0.15) is 10.1 Å². The summed E-state index contributed by atoms with van der Waals surface area (Å²) >= 11 is 22.9. The molecule has 0 bridgehead atoms. The van der Waals surface area contributed by atoms with Gasteiger partial charge in [-0.3, -0.25) is 9.59 Å². The number of imide groups is 1. The Morgan fingerprint density at radius 3 is 1.94 bits per heavy atom. The van der Waals surface area contributed by atoms with Crippen LogP contribution in [0, 0.1) is 0 Å². The number of amides is 2. The van der Waals surface area contributed by atoms with Gasteiger partial charge in [0.25, 0.3) is 11.8 Å². The zero-order valence-corrected chi connectivity index (χ0v) is 11.0. The Hall–Kier alpha value is -0.740. The normalized spacial score (nSPS) is 16.1. The number of halogens is 4. The van der Waals surface area contributed by atoms with Crippen molar-refractivity contribution in [1.82, 2.24) is 0 Å². The fourth-order valence-corrected chi connectivity index (χ4v) is 2.05. The van der Waals surface area contributed by atoms with E-state index < -0.39 is 11.8 Å². The van der Waals surface area contributed by atoms with Gasteiger partial charge in [0, 0.05) is 5.02 Å². The van der Waals surface area contributed by atoms with Gasteiger partial charge in [-0.25, -0.2) is 4.90 Å². The van der Waals surface area contributed by atoms with Gasteiger partial charge in [-0.15, -0.1) is 0 Å². The average Bonchev–Trinajstić information content (AvgIpc) is 2.48. The SMILES string of the molecule is O=C1C(Cl)=C(Cl)C(=O)N1c1cc(Cl)ccc1Cl. The quantitative estimate of drug-likeness (QED) is 0.744. The lowest BCUT2D eigenvalue weighted by Crippen LogP contribution is -2.31. The predicted octanol–water partition coefficient (Wildman–Crippen LogP) is 3.56. The summed E-state index contributed by atoms with van der Waals surface area (Å²) < 4.78 is 0. The van der Waals surface area contributed by atoms with Crippen LogP contribution in [0.1, 0.15) is 0 Å². The molecule has 0 aromatic heterocycles. The smallest absolute Gasteiger partial charge is 0.267 e. The molecule has 1 aliphatic rings. The first-order valence-electron chi connectivity index (χ1n) is 4.32. The number of carbonyl (C=O) groups is 2. The third kappa shape index (κ3) is 2.04. The zero-order chi connectivity index (χ0) is 12.7. The number of benzene rings is 1. The van der Waals surface area contributed by atoms with Gasteiger partial charge in [-0.05, 0) is 18.2 Å². The Labute approximate surface area is 116 Å². The van der Waals surface area contributed by atoms with Crippen LogP contribution in [-0.2, 0) is 9.59 Å². The molecule has 0 fully saturated rings. The van der Waals surface area contributed by atoms with Crippen molar-refractivity contribution in [2.24, 2.45) is 0 Å². The molecule has 0 unspecified atom stereocenters. The van der Waals surface area contributed by atoms with Gasteiger partial charge in [0.05, 0.1) is 10.7 Å². The minimum Gasteiger partial charge on any atom is -0.267 e. The van der Waals surface area contributed by atoms with Crippen LogP contribution >= 0.6 is 46.4 Å². The molecule has 0 saturated heterocycles. The number of rotatable bonds is 1. The van der Waals surface area contributed by atoms with Gasteiger partial charge in [-0.1, -0.05) is 46.4 Å². The lowest BCUT2D eigenvalue weighted by atomic mass is 10.3. The van der Waals surface area contributed by atoms with Crippen molar-refractivity contribution in [3.05, 3.63) is 38.3 Å². The lowest BCUT2D eigenvalue weighted by molar-refractivity contribution is -0.120. The molecular formula is C10H3Cl4NO2. The molecule has 1 heterocycles. The van der Waals surface area contributed by atoms with Crippen molar-refractivity contribution in [1.29, 1.82) is 0 Å². The third-order valence-corrected chi connectivity index (χ3v) is 3.48. The molecule has 0 radical (unpaired) electrons. The molecule has 1 aliphatic heterocycles. The second-order valence-corrected chi connectivity index (χ2v) is 4.77. The lowest BCUT2D eigenvalue weighted by Gasteiger charge is -2.15. The highest BCUT2D eigenvalue weighted by Crippen LogP contribution is 2.36. The van der Waals surface area contributed by atoms with E-state index in [1.165, 1.54) is 18.2 Å². The van der Waals surface area contributed by atoms with E-state index >= 15 is 0 Å². The number of nitrogens with zero attached hydrogens (tertiary/aromatic N) is 1. The van der Waals surface area contributed by atoms with E-state index in [4.69, 9.17) is 46.4 Å². The maximum absolute atomic E-state index is 11.7. The summed E-state index contributed by atoms with van der Waals surface area (Å²) in [6.07, 6.45) is 0. The molecule has 0 aliphatic carbocycles. The van der Waals surface area contributed by atoms with Crippen LogP contribution in [0.25, 0.3) is 0 Å². The van der Waals surface area contributed by atoms with Crippen LogP contribution in [0.4, 0.5) is 5.69 Å². The van der Waals surface area contributed by atoms with Gasteiger partial charge < -0.3 is 0 Å². The molecule has 2 rings (SSSR count). The first-order valence-corrected chi connectivity index (χ1v) is 5.83. The fraction of sp³-hybridized carbons (Fsp3) is 0. The Morgan fingerprint density at radius 2 is 1.41 bits per heavy atom. The third-order valence-electron chi connectivity index (χ3n) is 2.12. The second-order valence-electron chi connectivity index (χ2n) is 3.17. The largest absolute Gasteiger partial charge is 0.278 e. The van der Waals surface area contributed by atoms with E-state index in [0.29, 0.717) is 5.02 Å². The van der Waals surface area contributed by atoms with Crippen molar-refractivity contribution in [3.63, 3.8) is 0 Å². The summed E-state index contributed by atoms with van der Waals surface area (Å²) in [5.41, 5.74) is 0.156. The molecular weight excluding hydrogens is 308 g/mol. The molecule has 88 valence electrons. The van der Waals surface area contributed by atoms with Crippen LogP contribution in [0.2, 0.25) is 10.0 Å². The zero-order valence-electron chi connectivity index (χ0n) is 8.01. The summed E-state index contributed by atoms with van der Waals surface area (Å²) in [6.45, 7) is 0. The number of hydrogen-bond donors (Lipinski definition) is 0. The van der Waals surface area contributed by atoms with E-state index in [2.05, 4.69) is 0 Å². The van der Waals surface area contributed by atoms with Gasteiger partial charge in [0.2, 0.25) is 0 Å². The van der Waals surface area contributed by atoms with Crippen molar-refractivity contribution >= 4 is 63.9 Å².